The molecule has 0 radical (unpaired) electrons. The van der Waals surface area contributed by atoms with E-state index in [1.807, 2.05) is 12.3 Å². The summed E-state index contributed by atoms with van der Waals surface area (Å²) in [5.74, 6) is -2.48. The monoisotopic (exact) mass is 283 g/mol. The summed E-state index contributed by atoms with van der Waals surface area (Å²) in [5, 5.41) is 5.11. The van der Waals surface area contributed by atoms with Crippen LogP contribution in [-0.4, -0.2) is 10.9 Å². The highest BCUT2D eigenvalue weighted by molar-refractivity contribution is 7.09. The molecule has 0 spiro atoms. The predicted octanol–water partition coefficient (Wildman–Crippen LogP) is 2.24. The highest BCUT2D eigenvalue weighted by atomic mass is 32.1. The molecular weight excluding hydrogens is 272 g/mol. The van der Waals surface area contributed by atoms with Crippen molar-refractivity contribution in [3.8, 4) is 0 Å². The maximum Gasteiger partial charge on any atom is 0.251 e. The number of nitrogens with one attached hydrogen (secondary N) is 1. The van der Waals surface area contributed by atoms with Gasteiger partial charge in [-0.05, 0) is 19.1 Å². The van der Waals surface area contributed by atoms with Crippen LogP contribution in [0.25, 0.3) is 0 Å². The van der Waals surface area contributed by atoms with Crippen molar-refractivity contribution < 1.29 is 13.6 Å². The molecule has 0 bridgehead atoms. The van der Waals surface area contributed by atoms with Gasteiger partial charge < -0.3 is 11.1 Å². The molecule has 0 saturated carbocycles. The van der Waals surface area contributed by atoms with Crippen molar-refractivity contribution in [2.75, 3.05) is 5.73 Å². The van der Waals surface area contributed by atoms with Crippen LogP contribution in [0.2, 0.25) is 0 Å². The molecule has 4 nitrogen and oxygen atoms in total. The smallest absolute Gasteiger partial charge is 0.251 e. The van der Waals surface area contributed by atoms with Gasteiger partial charge in [-0.2, -0.15) is 0 Å². The van der Waals surface area contributed by atoms with Crippen molar-refractivity contribution in [1.29, 1.82) is 0 Å². The Bertz CT molecular complexity index is 604. The average Bonchev–Trinajstić information content (AvgIpc) is 2.78. The summed E-state index contributed by atoms with van der Waals surface area (Å²) in [6.45, 7) is 2.05. The first-order valence-corrected chi connectivity index (χ1v) is 6.29. The Morgan fingerprint density at radius 2 is 2.05 bits per heavy atom. The van der Waals surface area contributed by atoms with Crippen molar-refractivity contribution in [2.24, 2.45) is 0 Å². The number of rotatable bonds is 3. The van der Waals surface area contributed by atoms with Gasteiger partial charge in [0.05, 0.1) is 6.54 Å². The number of hydrogen-bond acceptors (Lipinski definition) is 4. The first-order chi connectivity index (χ1) is 8.97. The molecule has 7 heteroatoms. The Labute approximate surface area is 112 Å². The largest absolute Gasteiger partial charge is 0.394 e. The fourth-order valence-corrected chi connectivity index (χ4v) is 2.17. The molecule has 0 saturated heterocycles. The number of thiazole rings is 1. The van der Waals surface area contributed by atoms with Crippen molar-refractivity contribution in [3.63, 3.8) is 0 Å². The number of aryl methyl sites for hydroxylation is 1. The van der Waals surface area contributed by atoms with E-state index in [9.17, 15) is 13.6 Å². The maximum atomic E-state index is 13.2. The fraction of sp³-hybridized carbons (Fsp3) is 0.167. The van der Waals surface area contributed by atoms with Gasteiger partial charge in [0.15, 0.2) is 0 Å². The summed E-state index contributed by atoms with van der Waals surface area (Å²) in [7, 11) is 0. The number of hydrogen-bond donors (Lipinski definition) is 2. The summed E-state index contributed by atoms with van der Waals surface area (Å²) in [4.78, 5) is 15.9. The Balaban J connectivity index is 2.08. The Hall–Kier alpha value is -2.02. The minimum absolute atomic E-state index is 0.113. The van der Waals surface area contributed by atoms with E-state index in [-0.39, 0.29) is 12.1 Å². The van der Waals surface area contributed by atoms with Gasteiger partial charge in [-0.1, -0.05) is 0 Å². The second kappa shape index (κ2) is 5.31. The normalized spacial score (nSPS) is 10.5. The number of halogens is 2. The van der Waals surface area contributed by atoms with Crippen molar-refractivity contribution in [3.05, 3.63) is 45.4 Å². The number of amides is 1. The maximum absolute atomic E-state index is 13.2. The number of aromatic nitrogens is 1. The number of benzene rings is 1. The lowest BCUT2D eigenvalue weighted by Gasteiger charge is -2.05. The first kappa shape index (κ1) is 13.4. The molecule has 19 heavy (non-hydrogen) atoms. The van der Waals surface area contributed by atoms with E-state index >= 15 is 0 Å². The summed E-state index contributed by atoms with van der Waals surface area (Å²) in [6.07, 6.45) is 0. The molecule has 1 amide bonds. The predicted molar refractivity (Wildman–Crippen MR) is 68.8 cm³/mol. The number of anilines is 1. The number of nitrogens with two attached hydrogens (primary N) is 1. The van der Waals surface area contributed by atoms with Crippen LogP contribution in [-0.2, 0) is 6.54 Å². The molecule has 2 aromatic rings. The van der Waals surface area contributed by atoms with Crippen molar-refractivity contribution in [1.82, 2.24) is 10.3 Å². The number of nitrogens with zero attached hydrogens (tertiary/aromatic N) is 1. The summed E-state index contributed by atoms with van der Waals surface area (Å²) in [6, 6.07) is 1.81. The second-order valence-corrected chi connectivity index (χ2v) is 4.86. The van der Waals surface area contributed by atoms with Gasteiger partial charge in [0.2, 0.25) is 0 Å². The molecular formula is C12H11F2N3OS. The van der Waals surface area contributed by atoms with Gasteiger partial charge >= 0.3 is 0 Å². The molecule has 1 heterocycles. The molecule has 3 N–H and O–H groups in total. The molecule has 0 atom stereocenters. The highest BCUT2D eigenvalue weighted by Gasteiger charge is 2.13. The van der Waals surface area contributed by atoms with Crippen LogP contribution < -0.4 is 11.1 Å². The third-order valence-corrected chi connectivity index (χ3v) is 3.37. The molecule has 0 fully saturated rings. The Kier molecular flexibility index (Phi) is 3.75. The minimum Gasteiger partial charge on any atom is -0.394 e. The summed E-state index contributed by atoms with van der Waals surface area (Å²) >= 11 is 1.40. The van der Waals surface area contributed by atoms with Crippen molar-refractivity contribution >= 4 is 22.9 Å². The van der Waals surface area contributed by atoms with E-state index in [0.29, 0.717) is 0 Å². The van der Waals surface area contributed by atoms with E-state index in [2.05, 4.69) is 10.3 Å². The van der Waals surface area contributed by atoms with Crippen LogP contribution in [0, 0.1) is 18.6 Å². The minimum atomic E-state index is -0.949. The highest BCUT2D eigenvalue weighted by Crippen LogP contribution is 2.17. The zero-order chi connectivity index (χ0) is 14.0. The quantitative estimate of drug-likeness (QED) is 0.849. The Morgan fingerprint density at radius 3 is 2.58 bits per heavy atom. The van der Waals surface area contributed by atoms with Crippen LogP contribution in [0.15, 0.2) is 17.5 Å². The van der Waals surface area contributed by atoms with Crippen molar-refractivity contribution in [2.45, 2.75) is 13.5 Å². The third-order valence-electron chi connectivity index (χ3n) is 2.41. The van der Waals surface area contributed by atoms with Crippen LogP contribution in [0.1, 0.15) is 21.1 Å². The zero-order valence-corrected chi connectivity index (χ0v) is 10.9. The van der Waals surface area contributed by atoms with E-state index in [4.69, 9.17) is 5.73 Å². The van der Waals surface area contributed by atoms with Crippen LogP contribution in [0.3, 0.4) is 0 Å². The molecule has 1 aromatic carbocycles. The fourth-order valence-electron chi connectivity index (χ4n) is 1.46. The zero-order valence-electron chi connectivity index (χ0n) is 10.0. The van der Waals surface area contributed by atoms with Gasteiger partial charge in [0.25, 0.3) is 5.91 Å². The molecule has 2 rings (SSSR count). The standard InChI is InChI=1S/C12H11F2N3OS/c1-6-5-19-10(17-6)4-16-12(18)7-2-8(13)11(15)9(14)3-7/h2-3,5H,4,15H2,1H3,(H,16,18). The van der Waals surface area contributed by atoms with E-state index in [1.54, 1.807) is 0 Å². The van der Waals surface area contributed by atoms with Gasteiger partial charge in [0, 0.05) is 16.6 Å². The number of carbonyl (C=O) groups is 1. The lowest BCUT2D eigenvalue weighted by atomic mass is 10.1. The lowest BCUT2D eigenvalue weighted by Crippen LogP contribution is -2.23. The van der Waals surface area contributed by atoms with Gasteiger partial charge in [-0.25, -0.2) is 13.8 Å². The topological polar surface area (TPSA) is 68.0 Å². The van der Waals surface area contributed by atoms with Gasteiger partial charge in [-0.3, -0.25) is 4.79 Å². The molecule has 0 aliphatic heterocycles. The van der Waals surface area contributed by atoms with E-state index in [1.165, 1.54) is 11.3 Å². The molecule has 0 unspecified atom stereocenters. The van der Waals surface area contributed by atoms with Gasteiger partial charge in [-0.15, -0.1) is 11.3 Å². The molecule has 1 aromatic heterocycles. The van der Waals surface area contributed by atoms with Crippen LogP contribution >= 0.6 is 11.3 Å². The number of carbonyl (C=O) groups excluding carboxylic acids is 1. The SMILES string of the molecule is Cc1csc(CNC(=O)c2cc(F)c(N)c(F)c2)n1. The second-order valence-electron chi connectivity index (χ2n) is 3.92. The van der Waals surface area contributed by atoms with E-state index < -0.39 is 23.2 Å². The molecule has 100 valence electrons. The average molecular weight is 283 g/mol. The van der Waals surface area contributed by atoms with Crippen LogP contribution in [0.4, 0.5) is 14.5 Å². The molecule has 0 aliphatic carbocycles. The summed E-state index contributed by atoms with van der Waals surface area (Å²) in [5.41, 5.74) is 5.28. The van der Waals surface area contributed by atoms with Gasteiger partial charge in [0.1, 0.15) is 22.3 Å². The lowest BCUT2D eigenvalue weighted by molar-refractivity contribution is 0.0950. The first-order valence-electron chi connectivity index (χ1n) is 5.41. The Morgan fingerprint density at radius 1 is 1.42 bits per heavy atom. The molecule has 0 aliphatic rings. The van der Waals surface area contributed by atoms with E-state index in [0.717, 1.165) is 22.8 Å². The van der Waals surface area contributed by atoms with Crippen LogP contribution in [0.5, 0.6) is 0 Å². The third kappa shape index (κ3) is 3.05. The number of nitrogen functional groups attached to an aromatic ring is 1. The summed E-state index contributed by atoms with van der Waals surface area (Å²) < 4.78 is 26.4.